The Labute approximate surface area is 471 Å². The van der Waals surface area contributed by atoms with Crippen molar-refractivity contribution >= 4 is 38.9 Å². The summed E-state index contributed by atoms with van der Waals surface area (Å²) in [7, 11) is 0. The third kappa shape index (κ3) is 6.84. The van der Waals surface area contributed by atoms with Crippen molar-refractivity contribution in [2.75, 3.05) is 4.90 Å². The quantitative estimate of drug-likeness (QED) is 0.161. The maximum absolute atomic E-state index is 2.57. The van der Waals surface area contributed by atoms with Crippen LogP contribution in [0.15, 0.2) is 243 Å². The minimum Gasteiger partial charge on any atom is -0.310 e. The van der Waals surface area contributed by atoms with Crippen molar-refractivity contribution in [2.24, 2.45) is 0 Å². The molecule has 0 amide bonds. The van der Waals surface area contributed by atoms with Crippen molar-refractivity contribution in [3.8, 4) is 61.3 Å². The zero-order valence-electron chi connectivity index (χ0n) is 47.0. The van der Waals surface area contributed by atoms with Gasteiger partial charge in [-0.25, -0.2) is 0 Å². The number of anilines is 3. The van der Waals surface area contributed by atoms with Gasteiger partial charge in [-0.05, 0) is 148 Å². The van der Waals surface area contributed by atoms with Crippen LogP contribution in [-0.4, -0.2) is 4.57 Å². The van der Waals surface area contributed by atoms with E-state index in [0.29, 0.717) is 0 Å². The summed E-state index contributed by atoms with van der Waals surface area (Å²) in [6.45, 7) is 18.9. The van der Waals surface area contributed by atoms with Crippen LogP contribution in [0.1, 0.15) is 99.9 Å². The highest BCUT2D eigenvalue weighted by Gasteiger charge is 2.52. The summed E-state index contributed by atoms with van der Waals surface area (Å²) in [4.78, 5) is 2.55. The molecule has 0 N–H and O–H groups in total. The van der Waals surface area contributed by atoms with Crippen molar-refractivity contribution in [1.29, 1.82) is 0 Å². The van der Waals surface area contributed by atoms with Gasteiger partial charge in [0.25, 0.3) is 0 Å². The van der Waals surface area contributed by atoms with Gasteiger partial charge < -0.3 is 9.47 Å². The molecule has 0 atom stereocenters. The highest BCUT2D eigenvalue weighted by molar-refractivity contribution is 6.10. The van der Waals surface area contributed by atoms with Gasteiger partial charge in [0.05, 0.1) is 27.8 Å². The summed E-state index contributed by atoms with van der Waals surface area (Å²) in [6.07, 6.45) is 0. The summed E-state index contributed by atoms with van der Waals surface area (Å²) in [6, 6.07) is 92.4. The minimum absolute atomic E-state index is 0.0473. The monoisotopic (exact) mass is 1030 g/mol. The van der Waals surface area contributed by atoms with Crippen molar-refractivity contribution in [2.45, 2.75) is 77.0 Å². The average molecular weight is 1030 g/mol. The molecule has 3 aliphatic carbocycles. The minimum atomic E-state index is -0.559. The van der Waals surface area contributed by atoms with Gasteiger partial charge in [0, 0.05) is 38.7 Å². The molecule has 0 aliphatic heterocycles. The molecule has 0 saturated heterocycles. The van der Waals surface area contributed by atoms with Crippen LogP contribution in [-0.2, 0) is 21.7 Å². The fraction of sp³-hybridized carbons (Fsp3) is 0.154. The molecule has 15 rings (SSSR count). The van der Waals surface area contributed by atoms with Crippen LogP contribution in [0, 0.1) is 0 Å². The maximum Gasteiger partial charge on any atom is 0.0726 e. The second-order valence-corrected chi connectivity index (χ2v) is 25.2. The molecule has 11 aromatic carbocycles. The van der Waals surface area contributed by atoms with Gasteiger partial charge in [-0.2, -0.15) is 0 Å². The average Bonchev–Trinajstić information content (AvgIpc) is 4.07. The van der Waals surface area contributed by atoms with Gasteiger partial charge in [-0.1, -0.05) is 250 Å². The Balaban J connectivity index is 0.979. The van der Waals surface area contributed by atoms with E-state index < -0.39 is 5.41 Å². The number of nitrogens with zero attached hydrogens (tertiary/aromatic N) is 2. The SMILES string of the molecule is CC(C)(C)c1ccc2c(c1)C1(c3ccccc3-c3ccc(N(c4ccc(-c5ccccc5-n5c6ccccc6c6ccccc65)cc4)c4ccccc4-c4cccc5c4-c4ccccc4C5(C)C)cc31)c1cc(C(C)(C)C)ccc1-2. The molecule has 80 heavy (non-hydrogen) atoms. The predicted octanol–water partition coefficient (Wildman–Crippen LogP) is 20.8. The molecule has 386 valence electrons. The third-order valence-corrected chi connectivity index (χ3v) is 18.4. The Morgan fingerprint density at radius 1 is 0.338 bits per heavy atom. The highest BCUT2D eigenvalue weighted by atomic mass is 15.1. The molecule has 12 aromatic rings. The van der Waals surface area contributed by atoms with Crippen LogP contribution in [0.5, 0.6) is 0 Å². The number of fused-ring (bicyclic) bond motifs is 16. The summed E-state index contributed by atoms with van der Waals surface area (Å²) in [5.41, 5.74) is 29.6. The lowest BCUT2D eigenvalue weighted by Gasteiger charge is -2.34. The van der Waals surface area contributed by atoms with Crippen LogP contribution in [0.3, 0.4) is 0 Å². The van der Waals surface area contributed by atoms with E-state index >= 15 is 0 Å². The van der Waals surface area contributed by atoms with Gasteiger partial charge in [0.2, 0.25) is 0 Å². The van der Waals surface area contributed by atoms with E-state index in [1.54, 1.807) is 0 Å². The van der Waals surface area contributed by atoms with Gasteiger partial charge in [-0.15, -0.1) is 0 Å². The number of hydrogen-bond acceptors (Lipinski definition) is 1. The molecule has 1 heterocycles. The van der Waals surface area contributed by atoms with Gasteiger partial charge >= 0.3 is 0 Å². The van der Waals surface area contributed by atoms with Crippen molar-refractivity contribution in [1.82, 2.24) is 4.57 Å². The second kappa shape index (κ2) is 17.3. The Hall–Kier alpha value is -8.98. The molecule has 0 fully saturated rings. The smallest absolute Gasteiger partial charge is 0.0726 e. The van der Waals surface area contributed by atoms with Gasteiger partial charge in [0.15, 0.2) is 0 Å². The highest BCUT2D eigenvalue weighted by Crippen LogP contribution is 2.64. The molecule has 0 radical (unpaired) electrons. The van der Waals surface area contributed by atoms with Crippen LogP contribution in [0.2, 0.25) is 0 Å². The Morgan fingerprint density at radius 2 is 0.800 bits per heavy atom. The lowest BCUT2D eigenvalue weighted by molar-refractivity contribution is 0.586. The zero-order chi connectivity index (χ0) is 54.5. The number of aromatic nitrogens is 1. The van der Waals surface area contributed by atoms with E-state index in [1.165, 1.54) is 116 Å². The van der Waals surface area contributed by atoms with E-state index in [1.807, 2.05) is 0 Å². The lowest BCUT2D eigenvalue weighted by atomic mass is 9.68. The Bertz CT molecular complexity index is 4410. The standard InChI is InChI=1S/C78H64N2/c1-75(2,3)50-38-43-56-57-44-39-51(76(4,5)6)47-68(57)78(67(56)46-50)65-30-16-9-23-55(65)58-45-42-53(48-69(58)78)79(71-33-18-14-26-61(71)62-28-21-31-66-74(62)63-27-10-15-29-64(63)77(66,7)8)52-40-36-49(37-41-52)54-22-11-17-32-70(54)80-72-34-19-12-24-59(72)60-25-13-20-35-73(60)80/h9-48H,1-8H3. The third-order valence-electron chi connectivity index (χ3n) is 18.4. The molecular formula is C78H64N2. The first-order valence-corrected chi connectivity index (χ1v) is 28.6. The van der Waals surface area contributed by atoms with Crippen LogP contribution in [0.4, 0.5) is 17.1 Å². The first kappa shape index (κ1) is 48.2. The van der Waals surface area contributed by atoms with Gasteiger partial charge in [-0.3, -0.25) is 0 Å². The van der Waals surface area contributed by atoms with Crippen LogP contribution < -0.4 is 4.90 Å². The van der Waals surface area contributed by atoms with Crippen LogP contribution in [0.25, 0.3) is 83.1 Å². The molecule has 0 unspecified atom stereocenters. The zero-order valence-corrected chi connectivity index (χ0v) is 47.0. The maximum atomic E-state index is 2.57. The molecular weight excluding hydrogens is 965 g/mol. The number of rotatable bonds is 6. The summed E-state index contributed by atoms with van der Waals surface area (Å²) < 4.78 is 2.45. The Morgan fingerprint density at radius 3 is 1.44 bits per heavy atom. The van der Waals surface area contributed by atoms with E-state index in [2.05, 4.69) is 308 Å². The normalized spacial score (nSPS) is 14.2. The molecule has 0 saturated carbocycles. The fourth-order valence-corrected chi connectivity index (χ4v) is 14.4. The molecule has 2 heteroatoms. The van der Waals surface area contributed by atoms with Crippen molar-refractivity contribution < 1.29 is 0 Å². The summed E-state index contributed by atoms with van der Waals surface area (Å²) in [5.74, 6) is 0. The largest absolute Gasteiger partial charge is 0.310 e. The lowest BCUT2D eigenvalue weighted by Crippen LogP contribution is -2.27. The predicted molar refractivity (Wildman–Crippen MR) is 338 cm³/mol. The van der Waals surface area contributed by atoms with Gasteiger partial charge in [0.1, 0.15) is 0 Å². The molecule has 1 spiro atoms. The van der Waals surface area contributed by atoms with Crippen molar-refractivity contribution in [3.63, 3.8) is 0 Å². The summed E-state index contributed by atoms with van der Waals surface area (Å²) >= 11 is 0. The number of hydrogen-bond donors (Lipinski definition) is 0. The molecule has 0 bridgehead atoms. The first-order valence-electron chi connectivity index (χ1n) is 28.6. The van der Waals surface area contributed by atoms with E-state index in [0.717, 1.165) is 28.3 Å². The first-order chi connectivity index (χ1) is 38.7. The molecule has 1 aromatic heterocycles. The van der Waals surface area contributed by atoms with Crippen molar-refractivity contribution in [3.05, 3.63) is 287 Å². The Kier molecular flexibility index (Phi) is 10.4. The van der Waals surface area contributed by atoms with E-state index in [4.69, 9.17) is 0 Å². The van der Waals surface area contributed by atoms with E-state index in [-0.39, 0.29) is 16.2 Å². The molecule has 3 aliphatic rings. The van der Waals surface area contributed by atoms with Crippen LogP contribution >= 0.6 is 0 Å². The second-order valence-electron chi connectivity index (χ2n) is 25.2. The topological polar surface area (TPSA) is 8.17 Å². The fourth-order valence-electron chi connectivity index (χ4n) is 14.4. The molecule has 2 nitrogen and oxygen atoms in total. The van der Waals surface area contributed by atoms with E-state index in [9.17, 15) is 0 Å². The summed E-state index contributed by atoms with van der Waals surface area (Å²) in [5, 5.41) is 2.51. The number of para-hydroxylation sites is 4. The number of benzene rings is 11.